The number of anilines is 1. The number of amides is 2. The molecule has 4 rings (SSSR count). The summed E-state index contributed by atoms with van der Waals surface area (Å²) in [6.07, 6.45) is 0. The Morgan fingerprint density at radius 1 is 1.00 bits per heavy atom. The molecule has 4 aromatic rings. The van der Waals surface area contributed by atoms with Crippen LogP contribution in [0.5, 0.6) is 5.75 Å². The normalized spacial score (nSPS) is 10.8. The molecular formula is C26H24FN3O3. The van der Waals surface area contributed by atoms with Gasteiger partial charge in [0.05, 0.1) is 25.9 Å². The van der Waals surface area contributed by atoms with Crippen molar-refractivity contribution in [1.82, 2.24) is 9.88 Å². The van der Waals surface area contributed by atoms with Crippen LogP contribution in [-0.2, 0) is 13.1 Å². The quantitative estimate of drug-likeness (QED) is 0.427. The number of pyridine rings is 1. The number of aromatic amines is 1. The van der Waals surface area contributed by atoms with Crippen molar-refractivity contribution in [1.29, 1.82) is 0 Å². The molecule has 7 heteroatoms. The smallest absolute Gasteiger partial charge is 0.322 e. The molecule has 0 bridgehead atoms. The van der Waals surface area contributed by atoms with Crippen LogP contribution < -0.4 is 15.6 Å². The fourth-order valence-corrected chi connectivity index (χ4v) is 3.69. The number of methoxy groups -OCH3 is 1. The highest BCUT2D eigenvalue weighted by atomic mass is 19.1. The Labute approximate surface area is 190 Å². The summed E-state index contributed by atoms with van der Waals surface area (Å²) in [6, 6.07) is 20.3. The van der Waals surface area contributed by atoms with Gasteiger partial charge >= 0.3 is 6.03 Å². The van der Waals surface area contributed by atoms with Gasteiger partial charge in [-0.2, -0.15) is 0 Å². The van der Waals surface area contributed by atoms with Crippen LogP contribution in [0.2, 0.25) is 0 Å². The van der Waals surface area contributed by atoms with E-state index in [1.807, 2.05) is 43.3 Å². The van der Waals surface area contributed by atoms with Gasteiger partial charge in [0.15, 0.2) is 0 Å². The average Bonchev–Trinajstić information content (AvgIpc) is 2.81. The van der Waals surface area contributed by atoms with Gasteiger partial charge in [-0.1, -0.05) is 42.0 Å². The number of urea groups is 1. The highest BCUT2D eigenvalue weighted by Crippen LogP contribution is 2.22. The van der Waals surface area contributed by atoms with E-state index in [1.165, 1.54) is 17.0 Å². The first-order valence-corrected chi connectivity index (χ1v) is 10.5. The van der Waals surface area contributed by atoms with Gasteiger partial charge in [0.1, 0.15) is 11.6 Å². The van der Waals surface area contributed by atoms with Gasteiger partial charge in [0.25, 0.3) is 5.56 Å². The number of hydrogen-bond donors (Lipinski definition) is 2. The van der Waals surface area contributed by atoms with E-state index >= 15 is 0 Å². The van der Waals surface area contributed by atoms with E-state index in [2.05, 4.69) is 10.3 Å². The Kier molecular flexibility index (Phi) is 6.40. The Balaban J connectivity index is 1.69. The minimum atomic E-state index is -0.540. The number of rotatable bonds is 6. The predicted octanol–water partition coefficient (Wildman–Crippen LogP) is 5.22. The summed E-state index contributed by atoms with van der Waals surface area (Å²) in [5.74, 6) is 0.0753. The number of carbonyl (C=O) groups is 1. The lowest BCUT2D eigenvalue weighted by Gasteiger charge is -2.24. The minimum Gasteiger partial charge on any atom is -0.496 e. The van der Waals surface area contributed by atoms with Crippen molar-refractivity contribution in [3.8, 4) is 5.75 Å². The number of nitrogens with one attached hydrogen (secondary N) is 2. The lowest BCUT2D eigenvalue weighted by atomic mass is 10.1. The van der Waals surface area contributed by atoms with Crippen LogP contribution in [-0.4, -0.2) is 23.0 Å². The van der Waals surface area contributed by atoms with Crippen molar-refractivity contribution in [2.45, 2.75) is 20.0 Å². The predicted molar refractivity (Wildman–Crippen MR) is 127 cm³/mol. The van der Waals surface area contributed by atoms with Crippen molar-refractivity contribution in [2.24, 2.45) is 0 Å². The second kappa shape index (κ2) is 9.56. The van der Waals surface area contributed by atoms with Crippen LogP contribution >= 0.6 is 0 Å². The molecule has 0 aliphatic heterocycles. The second-order valence-electron chi connectivity index (χ2n) is 7.79. The lowest BCUT2D eigenvalue weighted by Crippen LogP contribution is -2.36. The Bertz CT molecular complexity index is 1370. The molecule has 1 aromatic heterocycles. The summed E-state index contributed by atoms with van der Waals surface area (Å²) in [5, 5.41) is 3.48. The fraction of sp³-hybridized carbons (Fsp3) is 0.154. The number of hydrogen-bond acceptors (Lipinski definition) is 3. The first-order chi connectivity index (χ1) is 15.9. The van der Waals surface area contributed by atoms with Crippen molar-refractivity contribution in [2.75, 3.05) is 12.4 Å². The molecule has 0 radical (unpaired) electrons. The molecule has 3 aromatic carbocycles. The van der Waals surface area contributed by atoms with Crippen LogP contribution in [0.3, 0.4) is 0 Å². The average molecular weight is 445 g/mol. The number of aryl methyl sites for hydroxylation is 1. The lowest BCUT2D eigenvalue weighted by molar-refractivity contribution is 0.205. The SMILES string of the molecule is COc1ccccc1CN(Cc1cc2cc(C)ccc2[nH]c1=O)C(=O)Nc1ccccc1F. The maximum Gasteiger partial charge on any atom is 0.322 e. The number of benzene rings is 3. The maximum atomic E-state index is 14.2. The summed E-state index contributed by atoms with van der Waals surface area (Å²) in [7, 11) is 1.55. The van der Waals surface area contributed by atoms with E-state index in [-0.39, 0.29) is 24.3 Å². The molecular weight excluding hydrogens is 421 g/mol. The molecule has 2 amide bonds. The third-order valence-corrected chi connectivity index (χ3v) is 5.39. The maximum absolute atomic E-state index is 14.2. The number of aromatic nitrogens is 1. The van der Waals surface area contributed by atoms with Gasteiger partial charge in [-0.3, -0.25) is 4.79 Å². The van der Waals surface area contributed by atoms with E-state index in [9.17, 15) is 14.0 Å². The number of fused-ring (bicyclic) bond motifs is 1. The van der Waals surface area contributed by atoms with Gasteiger partial charge < -0.3 is 19.9 Å². The van der Waals surface area contributed by atoms with Crippen LogP contribution in [0, 0.1) is 12.7 Å². The Morgan fingerprint density at radius 3 is 2.52 bits per heavy atom. The van der Waals surface area contributed by atoms with Crippen LogP contribution in [0.25, 0.3) is 10.9 Å². The molecule has 0 spiro atoms. The van der Waals surface area contributed by atoms with E-state index < -0.39 is 11.8 Å². The molecule has 0 unspecified atom stereocenters. The summed E-state index contributed by atoms with van der Waals surface area (Å²) in [4.78, 5) is 30.3. The summed E-state index contributed by atoms with van der Waals surface area (Å²) >= 11 is 0. The summed E-state index contributed by atoms with van der Waals surface area (Å²) < 4.78 is 19.6. The van der Waals surface area contributed by atoms with E-state index in [1.54, 1.807) is 31.4 Å². The molecule has 33 heavy (non-hydrogen) atoms. The molecule has 168 valence electrons. The van der Waals surface area contributed by atoms with E-state index in [0.29, 0.717) is 11.3 Å². The van der Waals surface area contributed by atoms with Gasteiger partial charge in [-0.15, -0.1) is 0 Å². The highest BCUT2D eigenvalue weighted by Gasteiger charge is 2.19. The number of carbonyl (C=O) groups excluding carboxylic acids is 1. The van der Waals surface area contributed by atoms with Crippen molar-refractivity contribution in [3.63, 3.8) is 0 Å². The van der Waals surface area contributed by atoms with Gasteiger partial charge in [-0.05, 0) is 48.7 Å². The Morgan fingerprint density at radius 2 is 1.73 bits per heavy atom. The molecule has 0 aliphatic carbocycles. The van der Waals surface area contributed by atoms with Crippen molar-refractivity contribution >= 4 is 22.6 Å². The first-order valence-electron chi connectivity index (χ1n) is 10.5. The molecule has 2 N–H and O–H groups in total. The molecule has 0 saturated carbocycles. The number of para-hydroxylation sites is 2. The molecule has 0 saturated heterocycles. The number of halogens is 1. The summed E-state index contributed by atoms with van der Waals surface area (Å²) in [5.41, 5.74) is 2.75. The molecule has 0 atom stereocenters. The van der Waals surface area contributed by atoms with Crippen molar-refractivity contribution in [3.05, 3.63) is 106 Å². The van der Waals surface area contributed by atoms with Crippen molar-refractivity contribution < 1.29 is 13.9 Å². The number of H-pyrrole nitrogens is 1. The zero-order valence-corrected chi connectivity index (χ0v) is 18.4. The first kappa shape index (κ1) is 22.1. The fourth-order valence-electron chi connectivity index (χ4n) is 3.69. The van der Waals surface area contributed by atoms with Crippen LogP contribution in [0.1, 0.15) is 16.7 Å². The highest BCUT2D eigenvalue weighted by molar-refractivity contribution is 5.89. The van der Waals surface area contributed by atoms with Gasteiger partial charge in [-0.25, -0.2) is 9.18 Å². The van der Waals surface area contributed by atoms with Gasteiger partial charge in [0.2, 0.25) is 0 Å². The zero-order valence-electron chi connectivity index (χ0n) is 18.4. The van der Waals surface area contributed by atoms with Gasteiger partial charge in [0, 0.05) is 16.6 Å². The molecule has 0 aliphatic rings. The zero-order chi connectivity index (χ0) is 23.4. The Hall–Kier alpha value is -4.13. The van der Waals surface area contributed by atoms with Crippen LogP contribution in [0.15, 0.2) is 77.6 Å². The number of ether oxygens (including phenoxy) is 1. The van der Waals surface area contributed by atoms with E-state index in [4.69, 9.17) is 4.74 Å². The van der Waals surface area contributed by atoms with Crippen LogP contribution in [0.4, 0.5) is 14.9 Å². The second-order valence-corrected chi connectivity index (χ2v) is 7.79. The molecule has 1 heterocycles. The molecule has 6 nitrogen and oxygen atoms in total. The van der Waals surface area contributed by atoms with E-state index in [0.717, 1.165) is 22.0 Å². The third-order valence-electron chi connectivity index (χ3n) is 5.39. The topological polar surface area (TPSA) is 74.4 Å². The summed E-state index contributed by atoms with van der Waals surface area (Å²) in [6.45, 7) is 2.16. The number of nitrogens with zero attached hydrogens (tertiary/aromatic N) is 1. The largest absolute Gasteiger partial charge is 0.496 e. The monoisotopic (exact) mass is 445 g/mol. The standard InChI is InChI=1S/C26H24FN3O3/c1-17-11-12-22-19(13-17)14-20(25(31)28-22)16-30(15-18-7-3-6-10-24(18)33-2)26(32)29-23-9-5-4-8-21(23)27/h3-14H,15-16H2,1-2H3,(H,28,31)(H,29,32). The third kappa shape index (κ3) is 5.03. The molecule has 0 fully saturated rings. The minimum absolute atomic E-state index is 0.0253.